The summed E-state index contributed by atoms with van der Waals surface area (Å²) in [5, 5.41) is 41.6. The summed E-state index contributed by atoms with van der Waals surface area (Å²) >= 11 is 4.16. The molecule has 0 bridgehead atoms. The summed E-state index contributed by atoms with van der Waals surface area (Å²) < 4.78 is 0. The van der Waals surface area contributed by atoms with Gasteiger partial charge in [-0.3, -0.25) is 52.7 Å². The lowest BCUT2D eigenvalue weighted by atomic mass is 10.0. The number of unbranched alkanes of at least 4 members (excludes halogenated alkanes) is 1. The van der Waals surface area contributed by atoms with Gasteiger partial charge >= 0.3 is 5.97 Å². The molecule has 0 fully saturated rings. The number of hydrogen-bond donors (Lipinski definition) is 17. The number of nitrogens with two attached hydrogens (primary N) is 4. The highest BCUT2D eigenvalue weighted by Crippen LogP contribution is 2.10. The fourth-order valence-electron chi connectivity index (χ4n) is 6.92. The number of carboxylic acids is 1. The smallest absolute Gasteiger partial charge is 0.326 e. The zero-order valence-electron chi connectivity index (χ0n) is 43.2. The van der Waals surface area contributed by atoms with E-state index >= 15 is 0 Å². The molecule has 0 aliphatic rings. The third kappa shape index (κ3) is 24.3. The van der Waals surface area contributed by atoms with Crippen LogP contribution in [0.2, 0.25) is 0 Å². The lowest BCUT2D eigenvalue weighted by molar-refractivity contribution is -0.143. The first-order chi connectivity index (χ1) is 35.0. The molecule has 0 aliphatic carbocycles. The molecule has 0 saturated heterocycles. The molecule has 0 spiro atoms. The molecule has 0 radical (unpaired) electrons. The summed E-state index contributed by atoms with van der Waals surface area (Å²) in [6.45, 7) is 10.4. The Labute approximate surface area is 439 Å². The van der Waals surface area contributed by atoms with Crippen LogP contribution in [-0.4, -0.2) is 170 Å². The van der Waals surface area contributed by atoms with Crippen molar-refractivity contribution in [1.82, 2.24) is 57.8 Å². The predicted molar refractivity (Wildman–Crippen MR) is 272 cm³/mol. The lowest BCUT2D eigenvalue weighted by Crippen LogP contribution is -2.62. The number of carbonyl (C=O) groups excluding carboxylic acids is 11. The van der Waals surface area contributed by atoms with Crippen molar-refractivity contribution in [2.45, 2.75) is 154 Å². The second kappa shape index (κ2) is 33.1. The van der Waals surface area contributed by atoms with Gasteiger partial charge in [-0.1, -0.05) is 41.5 Å². The molecular weight excluding hydrogens is 1010 g/mol. The van der Waals surface area contributed by atoms with E-state index in [1.807, 2.05) is 0 Å². The third-order valence-corrected chi connectivity index (χ3v) is 11.5. The standard InChI is InChI=1S/C45H77N15O14S/c1-20(2)12-29(45(73)74)57-39(67)28(15-32(48)63)55-38(66)25(10-8-9-11-46)54-44(72)36(23(7)61)60-41(69)30(18-75)58-43(71)35(22(5)6)59-40(68)27(14-31(47)62)53-33(64)17-51-37(65)26(13-24-16-50-19-52-24)56-42(70)34(49)21(3)4/h16,19-23,25-30,34-36,61,75H,8-15,17-18,46,49H2,1-7H3,(H2,47,62)(H2,48,63)(H,50,52)(H,51,65)(H,53,64)(H,54,72)(H,55,66)(H,56,70)(H,57,67)(H,58,71)(H,59,68)(H,60,69)(H,73,74)/t23-,25+,26+,27+,28+,29+,30+,34+,35+,36+/m1/s1. The van der Waals surface area contributed by atoms with Gasteiger partial charge in [0.1, 0.15) is 48.3 Å². The molecule has 75 heavy (non-hydrogen) atoms. The molecule has 20 N–H and O–H groups in total. The van der Waals surface area contributed by atoms with E-state index in [1.54, 1.807) is 27.7 Å². The molecule has 422 valence electrons. The number of aliphatic carboxylic acids is 1. The van der Waals surface area contributed by atoms with Crippen molar-refractivity contribution in [3.05, 3.63) is 18.2 Å². The van der Waals surface area contributed by atoms with Gasteiger partial charge in [-0.2, -0.15) is 12.6 Å². The summed E-state index contributed by atoms with van der Waals surface area (Å²) in [6, 6.07) is -13.2. The van der Waals surface area contributed by atoms with Crippen LogP contribution in [0.5, 0.6) is 0 Å². The normalized spacial score (nSPS) is 15.2. The molecule has 0 aliphatic heterocycles. The van der Waals surface area contributed by atoms with Gasteiger partial charge in [0.15, 0.2) is 0 Å². The van der Waals surface area contributed by atoms with Gasteiger partial charge in [0, 0.05) is 24.1 Å². The van der Waals surface area contributed by atoms with Gasteiger partial charge in [-0.15, -0.1) is 0 Å². The number of aromatic nitrogens is 2. The van der Waals surface area contributed by atoms with E-state index in [4.69, 9.17) is 22.9 Å². The Bertz CT molecular complexity index is 2130. The van der Waals surface area contributed by atoms with Crippen molar-refractivity contribution in [1.29, 1.82) is 0 Å². The maximum atomic E-state index is 13.7. The number of H-pyrrole nitrogens is 1. The molecule has 29 nitrogen and oxygen atoms in total. The molecule has 1 heterocycles. The highest BCUT2D eigenvalue weighted by molar-refractivity contribution is 7.80. The molecule has 1 rings (SSSR count). The monoisotopic (exact) mass is 1080 g/mol. The quantitative estimate of drug-likeness (QED) is 0.0222. The number of aromatic amines is 1. The van der Waals surface area contributed by atoms with Crippen LogP contribution in [0, 0.1) is 17.8 Å². The van der Waals surface area contributed by atoms with Gasteiger partial charge < -0.3 is 86.0 Å². The lowest BCUT2D eigenvalue weighted by Gasteiger charge is -2.29. The second-order valence-corrected chi connectivity index (χ2v) is 19.3. The highest BCUT2D eigenvalue weighted by Gasteiger charge is 2.37. The number of carboxylic acid groups (broad SMARTS) is 1. The van der Waals surface area contributed by atoms with E-state index in [0.29, 0.717) is 12.1 Å². The minimum Gasteiger partial charge on any atom is -0.480 e. The topological polar surface area (TPSA) is 486 Å². The molecule has 1 aromatic rings. The van der Waals surface area contributed by atoms with Crippen molar-refractivity contribution < 1.29 is 67.7 Å². The first-order valence-electron chi connectivity index (χ1n) is 24.2. The van der Waals surface area contributed by atoms with E-state index in [-0.39, 0.29) is 44.1 Å². The van der Waals surface area contributed by atoms with Gasteiger partial charge in [0.05, 0.1) is 37.9 Å². The maximum absolute atomic E-state index is 13.7. The molecule has 0 saturated carbocycles. The number of aliphatic hydroxyl groups excluding tert-OH is 1. The third-order valence-electron chi connectivity index (χ3n) is 11.2. The van der Waals surface area contributed by atoms with E-state index in [1.165, 1.54) is 26.4 Å². The molecule has 11 amide bonds. The Kier molecular flexibility index (Phi) is 29.2. The van der Waals surface area contributed by atoms with E-state index in [0.717, 1.165) is 6.92 Å². The second-order valence-electron chi connectivity index (χ2n) is 18.9. The Hall–Kier alpha value is -6.92. The predicted octanol–water partition coefficient (Wildman–Crippen LogP) is -6.09. The summed E-state index contributed by atoms with van der Waals surface area (Å²) in [4.78, 5) is 163. The zero-order chi connectivity index (χ0) is 57.3. The van der Waals surface area contributed by atoms with Crippen LogP contribution in [0.15, 0.2) is 12.5 Å². The average molecular weight is 1080 g/mol. The van der Waals surface area contributed by atoms with Crippen molar-refractivity contribution in [2.24, 2.45) is 40.7 Å². The van der Waals surface area contributed by atoms with Gasteiger partial charge in [0.25, 0.3) is 0 Å². The molecule has 0 unspecified atom stereocenters. The fraction of sp³-hybridized carbons (Fsp3) is 0.667. The Morgan fingerprint density at radius 2 is 1.11 bits per heavy atom. The number of thiol groups is 1. The molecule has 30 heteroatoms. The zero-order valence-corrected chi connectivity index (χ0v) is 44.1. The van der Waals surface area contributed by atoms with Crippen molar-refractivity contribution in [3.63, 3.8) is 0 Å². The average Bonchev–Trinajstić information content (AvgIpc) is 3.84. The molecule has 10 atom stereocenters. The number of amides is 11. The number of carbonyl (C=O) groups is 12. The van der Waals surface area contributed by atoms with E-state index < -0.39 is 162 Å². The SMILES string of the molecule is CC(C)C[C@H](NC(=O)[C@H](CC(N)=O)NC(=O)[C@H](CCCCN)NC(=O)[C@@H](NC(=O)[C@H](CS)NC(=O)[C@@H](NC(=O)[C@H](CC(N)=O)NC(=O)CNC(=O)[C@H](Cc1cnc[nH]1)NC(=O)[C@@H](N)C(C)C)C(C)C)[C@@H](C)O)C(=O)O. The Balaban J connectivity index is 3.22. The van der Waals surface area contributed by atoms with Crippen LogP contribution in [0.4, 0.5) is 0 Å². The first kappa shape index (κ1) is 66.1. The van der Waals surface area contributed by atoms with Crippen LogP contribution in [-0.2, 0) is 64.0 Å². The van der Waals surface area contributed by atoms with Crippen molar-refractivity contribution >= 4 is 83.6 Å². The molecule has 1 aromatic heterocycles. The minimum atomic E-state index is -1.80. The number of hydrogen-bond acceptors (Lipinski definition) is 17. The minimum absolute atomic E-state index is 0.0109. The van der Waals surface area contributed by atoms with Crippen LogP contribution < -0.4 is 70.8 Å². The van der Waals surface area contributed by atoms with Gasteiger partial charge in [-0.05, 0) is 56.9 Å². The fourth-order valence-corrected chi connectivity index (χ4v) is 7.17. The molecular formula is C45H77N15O14S. The number of aliphatic hydroxyl groups is 1. The number of primary amides is 2. The van der Waals surface area contributed by atoms with Crippen molar-refractivity contribution in [2.75, 3.05) is 18.8 Å². The van der Waals surface area contributed by atoms with Crippen LogP contribution in [0.1, 0.15) is 92.7 Å². The van der Waals surface area contributed by atoms with E-state index in [2.05, 4.69) is 70.4 Å². The van der Waals surface area contributed by atoms with Gasteiger partial charge in [-0.25, -0.2) is 9.78 Å². The van der Waals surface area contributed by atoms with Crippen LogP contribution >= 0.6 is 12.6 Å². The summed E-state index contributed by atoms with van der Waals surface area (Å²) in [6.07, 6.45) is 0.0653. The summed E-state index contributed by atoms with van der Waals surface area (Å²) in [5.41, 5.74) is 22.7. The highest BCUT2D eigenvalue weighted by atomic mass is 32.1. The van der Waals surface area contributed by atoms with Crippen LogP contribution in [0.3, 0.4) is 0 Å². The number of imidazole rings is 1. The Morgan fingerprint density at radius 3 is 1.60 bits per heavy atom. The van der Waals surface area contributed by atoms with Gasteiger partial charge in [0.2, 0.25) is 65.0 Å². The largest absolute Gasteiger partial charge is 0.480 e. The first-order valence-corrected chi connectivity index (χ1v) is 24.9. The summed E-state index contributed by atoms with van der Waals surface area (Å²) in [7, 11) is 0. The van der Waals surface area contributed by atoms with Crippen LogP contribution in [0.25, 0.3) is 0 Å². The molecule has 0 aromatic carbocycles. The van der Waals surface area contributed by atoms with Crippen molar-refractivity contribution in [3.8, 4) is 0 Å². The van der Waals surface area contributed by atoms with E-state index in [9.17, 15) is 67.7 Å². The number of nitrogens with zero attached hydrogens (tertiary/aromatic N) is 1. The number of nitrogens with one attached hydrogen (secondary N) is 10. The maximum Gasteiger partial charge on any atom is 0.326 e. The number of rotatable bonds is 35. The Morgan fingerprint density at radius 1 is 0.613 bits per heavy atom. The summed E-state index contributed by atoms with van der Waals surface area (Å²) in [5.74, 6) is -13.7.